The molecule has 0 radical (unpaired) electrons. The van der Waals surface area contributed by atoms with Gasteiger partial charge in [0.2, 0.25) is 11.8 Å². The highest BCUT2D eigenvalue weighted by molar-refractivity contribution is 6.07. The normalized spacial score (nSPS) is 22.8. The Hall–Kier alpha value is -3.03. The fraction of sp³-hybridized carbons (Fsp3) is 0.423. The van der Waals surface area contributed by atoms with Crippen molar-refractivity contribution in [3.05, 3.63) is 71.3 Å². The molecule has 4 rings (SSSR count). The summed E-state index contributed by atoms with van der Waals surface area (Å²) in [5.41, 5.74) is 2.82. The van der Waals surface area contributed by atoms with Gasteiger partial charge in [-0.3, -0.25) is 24.1 Å². The van der Waals surface area contributed by atoms with Gasteiger partial charge in [0, 0.05) is 6.54 Å². The summed E-state index contributed by atoms with van der Waals surface area (Å²) in [7, 11) is 0. The number of rotatable bonds is 8. The monoisotopic (exact) mass is 449 g/mol. The molecule has 2 fully saturated rings. The van der Waals surface area contributed by atoms with E-state index >= 15 is 0 Å². The number of nitrogens with one attached hydrogen (secondary N) is 1. The molecule has 2 heterocycles. The molecule has 2 saturated heterocycles. The van der Waals surface area contributed by atoms with Crippen molar-refractivity contribution in [1.29, 1.82) is 0 Å². The van der Waals surface area contributed by atoms with E-state index in [2.05, 4.69) is 19.2 Å². The van der Waals surface area contributed by atoms with Crippen molar-refractivity contribution in [1.82, 2.24) is 15.3 Å². The van der Waals surface area contributed by atoms with Crippen LogP contribution in [0.5, 0.6) is 0 Å². The highest BCUT2D eigenvalue weighted by Gasteiger charge is 2.59. The Morgan fingerprint density at radius 3 is 2.39 bits per heavy atom. The number of carbonyl (C=O) groups is 3. The number of likely N-dealkylation sites (tertiary alicyclic amines) is 1. The van der Waals surface area contributed by atoms with Crippen LogP contribution in [0.15, 0.2) is 54.6 Å². The first-order valence-electron chi connectivity index (χ1n) is 11.5. The maximum absolute atomic E-state index is 13.4. The molecule has 0 aromatic heterocycles. The summed E-state index contributed by atoms with van der Waals surface area (Å²) in [6.07, 6.45) is -0.0408. The van der Waals surface area contributed by atoms with Crippen molar-refractivity contribution < 1.29 is 19.2 Å². The predicted octanol–water partition coefficient (Wildman–Crippen LogP) is 3.00. The van der Waals surface area contributed by atoms with Gasteiger partial charge in [0.15, 0.2) is 6.10 Å². The Balaban J connectivity index is 1.55. The van der Waals surface area contributed by atoms with Gasteiger partial charge in [-0.25, -0.2) is 0 Å². The molecule has 3 unspecified atom stereocenters. The smallest absolute Gasteiger partial charge is 0.261 e. The molecule has 7 nitrogen and oxygen atoms in total. The molecular formula is C26H31N3O4. The van der Waals surface area contributed by atoms with Gasteiger partial charge in [0.25, 0.3) is 5.91 Å². The van der Waals surface area contributed by atoms with Crippen LogP contribution in [-0.4, -0.2) is 46.9 Å². The molecule has 3 amide bonds. The largest absolute Gasteiger partial charge is 0.355 e. The second-order valence-corrected chi connectivity index (χ2v) is 9.26. The van der Waals surface area contributed by atoms with Gasteiger partial charge in [0.1, 0.15) is 6.54 Å². The summed E-state index contributed by atoms with van der Waals surface area (Å²) in [6.45, 7) is 6.94. The van der Waals surface area contributed by atoms with E-state index in [-0.39, 0.29) is 30.8 Å². The number of hydroxylamine groups is 2. The molecule has 2 aliphatic heterocycles. The van der Waals surface area contributed by atoms with E-state index in [1.807, 2.05) is 61.5 Å². The molecule has 0 saturated carbocycles. The minimum absolute atomic E-state index is 0.0388. The minimum atomic E-state index is -0.920. The number of carbonyl (C=O) groups excluding carboxylic acids is 3. The van der Waals surface area contributed by atoms with E-state index in [0.717, 1.165) is 23.1 Å². The molecule has 2 aromatic carbocycles. The number of nitrogens with zero attached hydrogens (tertiary/aromatic N) is 2. The van der Waals surface area contributed by atoms with Crippen LogP contribution >= 0.6 is 0 Å². The van der Waals surface area contributed by atoms with Crippen molar-refractivity contribution in [3.63, 3.8) is 0 Å². The SMILES string of the molecule is Cc1ccc(C2C3C(=O)N(Cc4ccccc4)C(=O)C3ON2CC(=O)NCCC(C)C)cc1. The number of amides is 3. The number of hydrogen-bond acceptors (Lipinski definition) is 5. The summed E-state index contributed by atoms with van der Waals surface area (Å²) in [5, 5.41) is 4.42. The van der Waals surface area contributed by atoms with Gasteiger partial charge < -0.3 is 5.32 Å². The van der Waals surface area contributed by atoms with E-state index in [1.165, 1.54) is 9.96 Å². The molecule has 2 aliphatic rings. The summed E-state index contributed by atoms with van der Waals surface area (Å²) in [6, 6.07) is 16.7. The van der Waals surface area contributed by atoms with Crippen LogP contribution in [0.3, 0.4) is 0 Å². The Labute approximate surface area is 194 Å². The van der Waals surface area contributed by atoms with E-state index in [1.54, 1.807) is 0 Å². The van der Waals surface area contributed by atoms with Gasteiger partial charge in [-0.15, -0.1) is 0 Å². The van der Waals surface area contributed by atoms with Crippen LogP contribution in [-0.2, 0) is 25.8 Å². The van der Waals surface area contributed by atoms with Gasteiger partial charge in [-0.1, -0.05) is 74.0 Å². The van der Waals surface area contributed by atoms with Crippen LogP contribution in [0, 0.1) is 18.8 Å². The first kappa shape index (κ1) is 23.1. The highest BCUT2D eigenvalue weighted by Crippen LogP contribution is 2.44. The highest BCUT2D eigenvalue weighted by atomic mass is 16.7. The average Bonchev–Trinajstić information content (AvgIpc) is 3.25. The van der Waals surface area contributed by atoms with Gasteiger partial charge >= 0.3 is 0 Å². The lowest BCUT2D eigenvalue weighted by Crippen LogP contribution is -2.41. The second-order valence-electron chi connectivity index (χ2n) is 9.26. The van der Waals surface area contributed by atoms with E-state index in [4.69, 9.17) is 4.84 Å². The van der Waals surface area contributed by atoms with Crippen LogP contribution in [0.2, 0.25) is 0 Å². The van der Waals surface area contributed by atoms with Crippen molar-refractivity contribution in [3.8, 4) is 0 Å². The number of hydrogen-bond donors (Lipinski definition) is 1. The van der Waals surface area contributed by atoms with Gasteiger partial charge in [-0.05, 0) is 30.4 Å². The molecular weight excluding hydrogens is 418 g/mol. The first-order chi connectivity index (χ1) is 15.8. The zero-order valence-corrected chi connectivity index (χ0v) is 19.4. The topological polar surface area (TPSA) is 79.0 Å². The standard InChI is InChI=1S/C26H31N3O4/c1-17(2)13-14-27-21(30)16-29-23(20-11-9-18(3)10-12-20)22-24(33-29)26(32)28(25(22)31)15-19-7-5-4-6-8-19/h4-12,17,22-24H,13-16H2,1-3H3,(H,27,30). The molecule has 7 heteroatoms. The van der Waals surface area contributed by atoms with E-state index in [9.17, 15) is 14.4 Å². The fourth-order valence-corrected chi connectivity index (χ4v) is 4.42. The van der Waals surface area contributed by atoms with Crippen molar-refractivity contribution >= 4 is 17.7 Å². The van der Waals surface area contributed by atoms with E-state index in [0.29, 0.717) is 12.5 Å². The van der Waals surface area contributed by atoms with Gasteiger partial charge in [0.05, 0.1) is 18.5 Å². The Bertz CT molecular complexity index is 1010. The number of fused-ring (bicyclic) bond motifs is 1. The number of imide groups is 1. The number of benzene rings is 2. The minimum Gasteiger partial charge on any atom is -0.355 e. The average molecular weight is 450 g/mol. The third kappa shape index (κ3) is 4.99. The molecule has 0 aliphatic carbocycles. The van der Waals surface area contributed by atoms with E-state index < -0.39 is 18.1 Å². The predicted molar refractivity (Wildman–Crippen MR) is 123 cm³/mol. The molecule has 2 aromatic rings. The summed E-state index contributed by atoms with van der Waals surface area (Å²) >= 11 is 0. The molecule has 0 spiro atoms. The van der Waals surface area contributed by atoms with Crippen molar-refractivity contribution in [2.45, 2.75) is 45.9 Å². The van der Waals surface area contributed by atoms with Crippen molar-refractivity contribution in [2.75, 3.05) is 13.1 Å². The third-order valence-electron chi connectivity index (χ3n) is 6.23. The molecule has 33 heavy (non-hydrogen) atoms. The summed E-state index contributed by atoms with van der Waals surface area (Å²) < 4.78 is 0. The number of aryl methyl sites for hydroxylation is 1. The fourth-order valence-electron chi connectivity index (χ4n) is 4.42. The first-order valence-corrected chi connectivity index (χ1v) is 11.5. The molecule has 0 bridgehead atoms. The second kappa shape index (κ2) is 9.85. The lowest BCUT2D eigenvalue weighted by Gasteiger charge is -2.27. The maximum Gasteiger partial charge on any atom is 0.261 e. The zero-order valence-electron chi connectivity index (χ0n) is 19.4. The molecule has 1 N–H and O–H groups in total. The quantitative estimate of drug-likeness (QED) is 0.627. The Morgan fingerprint density at radius 1 is 1.03 bits per heavy atom. The van der Waals surface area contributed by atoms with Gasteiger partial charge in [-0.2, -0.15) is 5.06 Å². The molecule has 174 valence electrons. The zero-order chi connectivity index (χ0) is 23.5. The van der Waals surface area contributed by atoms with Crippen LogP contribution < -0.4 is 5.32 Å². The lowest BCUT2D eigenvalue weighted by atomic mass is 9.90. The molecule has 3 atom stereocenters. The van der Waals surface area contributed by atoms with Crippen molar-refractivity contribution in [2.24, 2.45) is 11.8 Å². The van der Waals surface area contributed by atoms with Crippen LogP contribution in [0.4, 0.5) is 0 Å². The van der Waals surface area contributed by atoms with Crippen LogP contribution in [0.1, 0.15) is 43.0 Å². The maximum atomic E-state index is 13.4. The summed E-state index contributed by atoms with van der Waals surface area (Å²) in [4.78, 5) is 46.5. The summed E-state index contributed by atoms with van der Waals surface area (Å²) in [5.74, 6) is -1.00. The van der Waals surface area contributed by atoms with Crippen LogP contribution in [0.25, 0.3) is 0 Å². The Kier molecular flexibility index (Phi) is 6.91. The third-order valence-corrected chi connectivity index (χ3v) is 6.23. The lowest BCUT2D eigenvalue weighted by molar-refractivity contribution is -0.182. The Morgan fingerprint density at radius 2 is 1.73 bits per heavy atom.